The van der Waals surface area contributed by atoms with Crippen molar-refractivity contribution in [1.29, 1.82) is 0 Å². The normalized spacial score (nSPS) is 17.0. The lowest BCUT2D eigenvalue weighted by atomic mass is 10.3. The van der Waals surface area contributed by atoms with Gasteiger partial charge in [-0.15, -0.1) is 0 Å². The molecule has 1 aliphatic rings. The predicted molar refractivity (Wildman–Crippen MR) is 45.1 cm³/mol. The van der Waals surface area contributed by atoms with E-state index in [9.17, 15) is 4.79 Å². The Hall–Kier alpha value is -1.36. The van der Waals surface area contributed by atoms with Crippen LogP contribution >= 0.6 is 0 Å². The van der Waals surface area contributed by atoms with Crippen LogP contribution < -0.4 is 5.32 Å². The summed E-state index contributed by atoms with van der Waals surface area (Å²) >= 11 is 0. The summed E-state index contributed by atoms with van der Waals surface area (Å²) in [4.78, 5) is 14.9. The first kappa shape index (κ1) is 8.25. The highest BCUT2D eigenvalue weighted by atomic mass is 16.4. The lowest BCUT2D eigenvalue weighted by Gasteiger charge is -2.10. The largest absolute Gasteiger partial charge is 0.480 e. The van der Waals surface area contributed by atoms with Crippen molar-refractivity contribution in [3.63, 3.8) is 0 Å². The standard InChI is InChI=1S/C8H11N3O2/c1-5(8(12)13)11-4-10-6-2-9-3-7(6)11/h4-5,9H,2-3H2,1H3,(H,12,13)/t5-/m0/s1. The average Bonchev–Trinajstić information content (AvgIpc) is 2.61. The molecular formula is C8H11N3O2. The molecule has 2 N–H and O–H groups in total. The fraction of sp³-hybridized carbons (Fsp3) is 0.500. The van der Waals surface area contributed by atoms with Gasteiger partial charge in [0.25, 0.3) is 0 Å². The van der Waals surface area contributed by atoms with Gasteiger partial charge in [-0.25, -0.2) is 9.78 Å². The highest BCUT2D eigenvalue weighted by Crippen LogP contribution is 2.18. The van der Waals surface area contributed by atoms with Gasteiger partial charge in [0, 0.05) is 13.1 Å². The fourth-order valence-corrected chi connectivity index (χ4v) is 1.52. The topological polar surface area (TPSA) is 67.1 Å². The molecule has 0 spiro atoms. The first-order valence-electron chi connectivity index (χ1n) is 4.18. The number of rotatable bonds is 2. The summed E-state index contributed by atoms with van der Waals surface area (Å²) < 4.78 is 1.71. The van der Waals surface area contributed by atoms with Crippen LogP contribution in [0.1, 0.15) is 24.4 Å². The summed E-state index contributed by atoms with van der Waals surface area (Å²) in [5.74, 6) is -0.827. The number of nitrogens with one attached hydrogen (secondary N) is 1. The molecule has 0 amide bonds. The monoisotopic (exact) mass is 181 g/mol. The second kappa shape index (κ2) is 2.85. The molecule has 0 saturated carbocycles. The van der Waals surface area contributed by atoms with E-state index in [0.29, 0.717) is 6.54 Å². The van der Waals surface area contributed by atoms with Gasteiger partial charge in [0.15, 0.2) is 0 Å². The van der Waals surface area contributed by atoms with Crippen LogP contribution in [0.15, 0.2) is 6.33 Å². The maximum atomic E-state index is 10.7. The molecule has 5 heteroatoms. The number of fused-ring (bicyclic) bond motifs is 1. The number of carboxylic acids is 1. The second-order valence-electron chi connectivity index (χ2n) is 3.16. The molecule has 0 fully saturated rings. The third-order valence-corrected chi connectivity index (χ3v) is 2.34. The van der Waals surface area contributed by atoms with Gasteiger partial charge >= 0.3 is 5.97 Å². The molecule has 70 valence electrons. The molecule has 2 rings (SSSR count). The zero-order valence-electron chi connectivity index (χ0n) is 7.32. The first-order valence-corrected chi connectivity index (χ1v) is 4.18. The highest BCUT2D eigenvalue weighted by Gasteiger charge is 2.22. The fourth-order valence-electron chi connectivity index (χ4n) is 1.52. The van der Waals surface area contributed by atoms with E-state index in [-0.39, 0.29) is 0 Å². The minimum Gasteiger partial charge on any atom is -0.480 e. The lowest BCUT2D eigenvalue weighted by Crippen LogP contribution is -2.17. The molecule has 0 saturated heterocycles. The third kappa shape index (κ3) is 1.21. The molecule has 5 nitrogen and oxygen atoms in total. The molecule has 1 aromatic rings. The Morgan fingerprint density at radius 2 is 2.54 bits per heavy atom. The molecule has 1 atom stereocenters. The molecule has 2 heterocycles. The van der Waals surface area contributed by atoms with Crippen molar-refractivity contribution in [3.8, 4) is 0 Å². The van der Waals surface area contributed by atoms with Gasteiger partial charge in [0.1, 0.15) is 6.04 Å². The smallest absolute Gasteiger partial charge is 0.326 e. The van der Waals surface area contributed by atoms with Gasteiger partial charge in [-0.2, -0.15) is 0 Å². The van der Waals surface area contributed by atoms with Gasteiger partial charge in [-0.3, -0.25) is 0 Å². The van der Waals surface area contributed by atoms with E-state index in [1.165, 1.54) is 0 Å². The number of carboxylic acid groups (broad SMARTS) is 1. The number of hydrogen-bond donors (Lipinski definition) is 2. The summed E-state index contributed by atoms with van der Waals surface area (Å²) in [5, 5.41) is 11.9. The van der Waals surface area contributed by atoms with E-state index >= 15 is 0 Å². The van der Waals surface area contributed by atoms with E-state index in [4.69, 9.17) is 5.11 Å². The number of carbonyl (C=O) groups is 1. The zero-order chi connectivity index (χ0) is 9.42. The molecule has 0 aromatic carbocycles. The zero-order valence-corrected chi connectivity index (χ0v) is 7.32. The summed E-state index contributed by atoms with van der Waals surface area (Å²) in [6.07, 6.45) is 1.60. The van der Waals surface area contributed by atoms with E-state index in [0.717, 1.165) is 17.9 Å². The van der Waals surface area contributed by atoms with Gasteiger partial charge in [0.05, 0.1) is 17.7 Å². The number of aromatic nitrogens is 2. The maximum Gasteiger partial charge on any atom is 0.326 e. The predicted octanol–water partition coefficient (Wildman–Crippen LogP) is 0.132. The van der Waals surface area contributed by atoms with Crippen molar-refractivity contribution in [1.82, 2.24) is 14.9 Å². The summed E-state index contributed by atoms with van der Waals surface area (Å²) in [6.45, 7) is 3.12. The van der Waals surface area contributed by atoms with Crippen LogP contribution in [0.5, 0.6) is 0 Å². The van der Waals surface area contributed by atoms with Crippen LogP contribution in [0, 0.1) is 0 Å². The van der Waals surface area contributed by atoms with Crippen LogP contribution in [-0.4, -0.2) is 20.6 Å². The van der Waals surface area contributed by atoms with Crippen molar-refractivity contribution in [2.75, 3.05) is 0 Å². The number of nitrogens with zero attached hydrogens (tertiary/aromatic N) is 2. The third-order valence-electron chi connectivity index (χ3n) is 2.34. The van der Waals surface area contributed by atoms with E-state index in [1.54, 1.807) is 17.8 Å². The molecule has 1 aliphatic heterocycles. The Morgan fingerprint density at radius 3 is 3.23 bits per heavy atom. The molecule has 0 unspecified atom stereocenters. The van der Waals surface area contributed by atoms with E-state index in [2.05, 4.69) is 10.3 Å². The number of aliphatic carboxylic acids is 1. The number of hydrogen-bond acceptors (Lipinski definition) is 3. The SMILES string of the molecule is C[C@@H](C(=O)O)n1cnc2c1CNC2. The van der Waals surface area contributed by atoms with E-state index in [1.807, 2.05) is 0 Å². The minimum atomic E-state index is -0.827. The minimum absolute atomic E-state index is 0.531. The summed E-state index contributed by atoms with van der Waals surface area (Å²) in [7, 11) is 0. The molecular weight excluding hydrogens is 170 g/mol. The molecule has 1 aromatic heterocycles. The molecule has 0 radical (unpaired) electrons. The summed E-state index contributed by atoms with van der Waals surface area (Å²) in [6, 6.07) is -0.531. The van der Waals surface area contributed by atoms with Crippen molar-refractivity contribution in [2.45, 2.75) is 26.1 Å². The highest BCUT2D eigenvalue weighted by molar-refractivity contribution is 5.71. The molecule has 0 aliphatic carbocycles. The maximum absolute atomic E-state index is 10.7. The Morgan fingerprint density at radius 1 is 1.77 bits per heavy atom. The van der Waals surface area contributed by atoms with Gasteiger partial charge < -0.3 is 15.0 Å². The summed E-state index contributed by atoms with van der Waals surface area (Å²) in [5.41, 5.74) is 1.96. The quantitative estimate of drug-likeness (QED) is 0.680. The number of imidazole rings is 1. The van der Waals surface area contributed by atoms with Crippen molar-refractivity contribution >= 4 is 5.97 Å². The Balaban J connectivity index is 2.36. The van der Waals surface area contributed by atoms with Crippen LogP contribution in [-0.2, 0) is 17.9 Å². The van der Waals surface area contributed by atoms with Gasteiger partial charge in [-0.1, -0.05) is 0 Å². The lowest BCUT2D eigenvalue weighted by molar-refractivity contribution is -0.140. The van der Waals surface area contributed by atoms with E-state index < -0.39 is 12.0 Å². The Labute approximate surface area is 75.4 Å². The Bertz CT molecular complexity index is 345. The van der Waals surface area contributed by atoms with Crippen LogP contribution in [0.4, 0.5) is 0 Å². The van der Waals surface area contributed by atoms with Gasteiger partial charge in [0.2, 0.25) is 0 Å². The van der Waals surface area contributed by atoms with Crippen LogP contribution in [0.2, 0.25) is 0 Å². The van der Waals surface area contributed by atoms with Crippen LogP contribution in [0.25, 0.3) is 0 Å². The average molecular weight is 181 g/mol. The Kier molecular flexibility index (Phi) is 1.81. The van der Waals surface area contributed by atoms with Crippen LogP contribution in [0.3, 0.4) is 0 Å². The van der Waals surface area contributed by atoms with Gasteiger partial charge in [-0.05, 0) is 6.92 Å². The molecule has 0 bridgehead atoms. The van der Waals surface area contributed by atoms with Crippen molar-refractivity contribution < 1.29 is 9.90 Å². The molecule has 13 heavy (non-hydrogen) atoms. The van der Waals surface area contributed by atoms with Crippen molar-refractivity contribution in [2.24, 2.45) is 0 Å². The second-order valence-corrected chi connectivity index (χ2v) is 3.16. The first-order chi connectivity index (χ1) is 6.20. The van der Waals surface area contributed by atoms with Crippen molar-refractivity contribution in [3.05, 3.63) is 17.7 Å².